The second-order valence-electron chi connectivity index (χ2n) is 6.88. The van der Waals surface area contributed by atoms with E-state index >= 15 is 0 Å². The molecule has 3 rings (SSSR count). The van der Waals surface area contributed by atoms with Crippen molar-refractivity contribution < 1.29 is 24.2 Å². The Morgan fingerprint density at radius 3 is 2.38 bits per heavy atom. The van der Waals surface area contributed by atoms with E-state index in [4.69, 9.17) is 9.84 Å². The lowest BCUT2D eigenvalue weighted by atomic mass is 10.1. The lowest BCUT2D eigenvalue weighted by Crippen LogP contribution is -2.15. The van der Waals surface area contributed by atoms with Gasteiger partial charge in [0, 0.05) is 21.8 Å². The first-order valence-electron chi connectivity index (χ1n) is 9.68. The number of carboxylic acid groups (broad SMARTS) is 1. The van der Waals surface area contributed by atoms with Crippen LogP contribution in [0, 0.1) is 6.92 Å². The number of carbonyl (C=O) groups is 3. The molecule has 0 radical (unpaired) electrons. The fourth-order valence-electron chi connectivity index (χ4n) is 2.83. The molecule has 0 aliphatic carbocycles. The van der Waals surface area contributed by atoms with Crippen LogP contribution in [-0.4, -0.2) is 35.8 Å². The number of nitrogens with one attached hydrogen (secondary N) is 2. The molecule has 0 atom stereocenters. The van der Waals surface area contributed by atoms with Gasteiger partial charge in [0.15, 0.2) is 0 Å². The van der Waals surface area contributed by atoms with Crippen molar-refractivity contribution in [1.29, 1.82) is 0 Å². The van der Waals surface area contributed by atoms with E-state index in [1.807, 2.05) is 12.1 Å². The summed E-state index contributed by atoms with van der Waals surface area (Å²) in [6.45, 7) is 1.80. The molecule has 0 bridgehead atoms. The highest BCUT2D eigenvalue weighted by Gasteiger charge is 2.10. The standard InChI is InChI=1S/C24H22N2O5S/c1-15-6-7-17(24(29)30)13-21(15)26-22(27)14-32-20-10-8-18(9-11-20)25-23(28)16-4-3-5-19(12-16)31-2/h3-13H,14H2,1-2H3,(H,25,28)(H,26,27)(H,29,30). The number of aryl methyl sites for hydroxylation is 1. The zero-order valence-electron chi connectivity index (χ0n) is 17.5. The maximum Gasteiger partial charge on any atom is 0.335 e. The van der Waals surface area contributed by atoms with Gasteiger partial charge >= 0.3 is 5.97 Å². The molecule has 0 saturated heterocycles. The number of rotatable bonds is 8. The topological polar surface area (TPSA) is 105 Å². The van der Waals surface area contributed by atoms with Crippen LogP contribution in [0.3, 0.4) is 0 Å². The van der Waals surface area contributed by atoms with E-state index < -0.39 is 5.97 Å². The summed E-state index contributed by atoms with van der Waals surface area (Å²) in [6, 6.07) is 18.6. The summed E-state index contributed by atoms with van der Waals surface area (Å²) in [5.41, 5.74) is 2.50. The van der Waals surface area contributed by atoms with Crippen LogP contribution in [0.25, 0.3) is 0 Å². The smallest absolute Gasteiger partial charge is 0.335 e. The molecular formula is C24H22N2O5S. The summed E-state index contributed by atoms with van der Waals surface area (Å²) in [4.78, 5) is 36.7. The first kappa shape index (κ1) is 22.9. The average Bonchev–Trinajstić information content (AvgIpc) is 2.80. The molecule has 3 aromatic carbocycles. The van der Waals surface area contributed by atoms with E-state index in [9.17, 15) is 14.4 Å². The minimum Gasteiger partial charge on any atom is -0.497 e. The van der Waals surface area contributed by atoms with Gasteiger partial charge in [0.1, 0.15) is 5.75 Å². The maximum atomic E-state index is 12.4. The van der Waals surface area contributed by atoms with Gasteiger partial charge in [-0.1, -0.05) is 12.1 Å². The molecule has 0 heterocycles. The van der Waals surface area contributed by atoms with E-state index in [-0.39, 0.29) is 23.1 Å². The Morgan fingerprint density at radius 1 is 0.938 bits per heavy atom. The summed E-state index contributed by atoms with van der Waals surface area (Å²) in [7, 11) is 1.54. The van der Waals surface area contributed by atoms with Gasteiger partial charge in [-0.15, -0.1) is 11.8 Å². The number of methoxy groups -OCH3 is 1. The average molecular weight is 451 g/mol. The molecule has 8 heteroatoms. The molecule has 0 fully saturated rings. The first-order chi connectivity index (χ1) is 15.4. The third-order valence-corrected chi connectivity index (χ3v) is 5.58. The normalized spacial score (nSPS) is 10.3. The number of benzene rings is 3. The van der Waals surface area contributed by atoms with E-state index in [0.29, 0.717) is 22.7 Å². The SMILES string of the molecule is COc1cccc(C(=O)Nc2ccc(SCC(=O)Nc3cc(C(=O)O)ccc3C)cc2)c1. The number of amides is 2. The van der Waals surface area contributed by atoms with E-state index in [1.165, 1.54) is 23.9 Å². The molecule has 7 nitrogen and oxygen atoms in total. The molecule has 32 heavy (non-hydrogen) atoms. The van der Waals surface area contributed by atoms with Crippen LogP contribution in [0.15, 0.2) is 71.6 Å². The predicted molar refractivity (Wildman–Crippen MR) is 125 cm³/mol. The van der Waals surface area contributed by atoms with Crippen molar-refractivity contribution in [3.63, 3.8) is 0 Å². The van der Waals surface area contributed by atoms with Gasteiger partial charge in [-0.05, 0) is 67.1 Å². The summed E-state index contributed by atoms with van der Waals surface area (Å²) >= 11 is 1.34. The number of carboxylic acids is 1. The number of ether oxygens (including phenoxy) is 1. The summed E-state index contributed by atoms with van der Waals surface area (Å²) in [5.74, 6) is -0.772. The van der Waals surface area contributed by atoms with Crippen molar-refractivity contribution in [1.82, 2.24) is 0 Å². The van der Waals surface area contributed by atoms with Crippen molar-refractivity contribution in [2.45, 2.75) is 11.8 Å². The Bertz CT molecular complexity index is 1150. The van der Waals surface area contributed by atoms with Crippen LogP contribution in [0.1, 0.15) is 26.3 Å². The van der Waals surface area contributed by atoms with Gasteiger partial charge in [0.2, 0.25) is 5.91 Å². The Kier molecular flexibility index (Phi) is 7.51. The van der Waals surface area contributed by atoms with Gasteiger partial charge in [0.25, 0.3) is 5.91 Å². The molecule has 0 saturated carbocycles. The Labute approximate surface area is 189 Å². The van der Waals surface area contributed by atoms with Gasteiger partial charge in [-0.25, -0.2) is 4.79 Å². The van der Waals surface area contributed by atoms with Gasteiger partial charge in [-0.3, -0.25) is 9.59 Å². The predicted octanol–water partition coefficient (Wildman–Crippen LogP) is 4.68. The quantitative estimate of drug-likeness (QED) is 0.430. The van der Waals surface area contributed by atoms with Gasteiger partial charge < -0.3 is 20.5 Å². The van der Waals surface area contributed by atoms with E-state index in [2.05, 4.69) is 10.6 Å². The summed E-state index contributed by atoms with van der Waals surface area (Å²) in [6.07, 6.45) is 0. The van der Waals surface area contributed by atoms with Crippen LogP contribution >= 0.6 is 11.8 Å². The van der Waals surface area contributed by atoms with Crippen LogP contribution in [0.5, 0.6) is 5.75 Å². The Balaban J connectivity index is 1.54. The molecule has 3 aromatic rings. The fourth-order valence-corrected chi connectivity index (χ4v) is 3.53. The Hall–Kier alpha value is -3.78. The number of thioether (sulfide) groups is 1. The van der Waals surface area contributed by atoms with Crippen molar-refractivity contribution >= 4 is 40.9 Å². The van der Waals surface area contributed by atoms with E-state index in [1.54, 1.807) is 56.5 Å². The van der Waals surface area contributed by atoms with Crippen molar-refractivity contribution in [2.75, 3.05) is 23.5 Å². The first-order valence-corrected chi connectivity index (χ1v) is 10.7. The highest BCUT2D eigenvalue weighted by Crippen LogP contribution is 2.23. The number of hydrogen-bond acceptors (Lipinski definition) is 5. The molecule has 0 aliphatic rings. The van der Waals surface area contributed by atoms with Crippen molar-refractivity contribution in [3.05, 3.63) is 83.4 Å². The molecule has 3 N–H and O–H groups in total. The van der Waals surface area contributed by atoms with Gasteiger partial charge in [0.05, 0.1) is 18.4 Å². The zero-order valence-corrected chi connectivity index (χ0v) is 18.4. The lowest BCUT2D eigenvalue weighted by Gasteiger charge is -2.10. The highest BCUT2D eigenvalue weighted by atomic mass is 32.2. The van der Waals surface area contributed by atoms with Crippen LogP contribution in [-0.2, 0) is 4.79 Å². The summed E-state index contributed by atoms with van der Waals surface area (Å²) in [5, 5.41) is 14.7. The minimum atomic E-state index is -1.05. The number of hydrogen-bond donors (Lipinski definition) is 3. The highest BCUT2D eigenvalue weighted by molar-refractivity contribution is 8.00. The third kappa shape index (κ3) is 6.12. The zero-order chi connectivity index (χ0) is 23.1. The monoisotopic (exact) mass is 450 g/mol. The fraction of sp³-hybridized carbons (Fsp3) is 0.125. The molecule has 0 unspecified atom stereocenters. The number of carbonyl (C=O) groups excluding carboxylic acids is 2. The number of anilines is 2. The second kappa shape index (κ2) is 10.5. The molecule has 0 aromatic heterocycles. The molecule has 2 amide bonds. The maximum absolute atomic E-state index is 12.4. The summed E-state index contributed by atoms with van der Waals surface area (Å²) < 4.78 is 5.14. The van der Waals surface area contributed by atoms with Crippen LogP contribution in [0.4, 0.5) is 11.4 Å². The lowest BCUT2D eigenvalue weighted by molar-refractivity contribution is -0.113. The van der Waals surface area contributed by atoms with Gasteiger partial charge in [-0.2, -0.15) is 0 Å². The molecule has 0 spiro atoms. The minimum absolute atomic E-state index is 0.116. The molecule has 164 valence electrons. The van der Waals surface area contributed by atoms with Crippen LogP contribution < -0.4 is 15.4 Å². The van der Waals surface area contributed by atoms with Crippen molar-refractivity contribution in [2.24, 2.45) is 0 Å². The number of aromatic carboxylic acids is 1. The largest absolute Gasteiger partial charge is 0.497 e. The van der Waals surface area contributed by atoms with E-state index in [0.717, 1.165) is 10.5 Å². The molecule has 0 aliphatic heterocycles. The second-order valence-corrected chi connectivity index (χ2v) is 7.93. The molecular weight excluding hydrogens is 428 g/mol. The third-order valence-electron chi connectivity index (χ3n) is 4.57. The van der Waals surface area contributed by atoms with Crippen LogP contribution in [0.2, 0.25) is 0 Å². The Morgan fingerprint density at radius 2 is 1.69 bits per heavy atom. The van der Waals surface area contributed by atoms with Crippen molar-refractivity contribution in [3.8, 4) is 5.75 Å².